The number of hydrogen-bond donors (Lipinski definition) is 1. The Balaban J connectivity index is 2.02. The topological polar surface area (TPSA) is 48.3 Å². The predicted octanol–water partition coefficient (Wildman–Crippen LogP) is 2.55. The first-order valence-corrected chi connectivity index (χ1v) is 8.45. The lowest BCUT2D eigenvalue weighted by Crippen LogP contribution is -2.57. The molecule has 0 bridgehead atoms. The van der Waals surface area contributed by atoms with Crippen LogP contribution >= 0.6 is 0 Å². The highest BCUT2D eigenvalue weighted by atomic mass is 16.5. The molecule has 1 saturated heterocycles. The molecule has 1 N–H and O–H groups in total. The van der Waals surface area contributed by atoms with Crippen LogP contribution in [0.3, 0.4) is 0 Å². The van der Waals surface area contributed by atoms with Gasteiger partial charge in [-0.15, -0.1) is 0 Å². The Hall–Kier alpha value is -0.630. The van der Waals surface area contributed by atoms with Crippen LogP contribution in [-0.2, 0) is 4.74 Å². The van der Waals surface area contributed by atoms with Crippen LogP contribution in [0.1, 0.15) is 52.9 Å². The van der Waals surface area contributed by atoms with Crippen molar-refractivity contribution in [1.82, 2.24) is 10.2 Å². The van der Waals surface area contributed by atoms with E-state index in [0.717, 1.165) is 32.4 Å². The van der Waals surface area contributed by atoms with Crippen molar-refractivity contribution < 1.29 is 4.74 Å². The first-order chi connectivity index (χ1) is 9.99. The summed E-state index contributed by atoms with van der Waals surface area (Å²) in [5.41, 5.74) is -0.331. The number of methoxy groups -OCH3 is 1. The van der Waals surface area contributed by atoms with Gasteiger partial charge in [0.05, 0.1) is 12.2 Å². The molecule has 0 aromatic rings. The van der Waals surface area contributed by atoms with Crippen molar-refractivity contribution in [2.45, 2.75) is 76.6 Å². The molecule has 4 unspecified atom stereocenters. The normalized spacial score (nSPS) is 38.4. The molecule has 2 fully saturated rings. The molecule has 4 heteroatoms. The lowest BCUT2D eigenvalue weighted by molar-refractivity contribution is -0.0287. The zero-order valence-electron chi connectivity index (χ0n) is 14.1. The second-order valence-corrected chi connectivity index (χ2v) is 7.28. The Morgan fingerprint density at radius 2 is 2.14 bits per heavy atom. The maximum atomic E-state index is 9.69. The molecule has 0 amide bonds. The lowest BCUT2D eigenvalue weighted by Gasteiger charge is -2.46. The van der Waals surface area contributed by atoms with E-state index in [4.69, 9.17) is 4.74 Å². The number of piperidine rings is 1. The molecule has 2 aliphatic rings. The summed E-state index contributed by atoms with van der Waals surface area (Å²) < 4.78 is 5.65. The Morgan fingerprint density at radius 3 is 2.76 bits per heavy atom. The minimum absolute atomic E-state index is 0.331. The second-order valence-electron chi connectivity index (χ2n) is 7.28. The molecule has 1 aliphatic heterocycles. The number of nitrogens with one attached hydrogen (secondary N) is 1. The summed E-state index contributed by atoms with van der Waals surface area (Å²) in [6.07, 6.45) is 5.83. The fourth-order valence-corrected chi connectivity index (χ4v) is 4.07. The molecule has 1 aliphatic carbocycles. The van der Waals surface area contributed by atoms with Gasteiger partial charge in [-0.2, -0.15) is 5.26 Å². The van der Waals surface area contributed by atoms with Crippen molar-refractivity contribution in [1.29, 1.82) is 5.26 Å². The maximum Gasteiger partial charge on any atom is 0.108 e. The van der Waals surface area contributed by atoms with Crippen molar-refractivity contribution in [3.05, 3.63) is 0 Å². The lowest BCUT2D eigenvalue weighted by atomic mass is 9.78. The molecular formula is C17H31N3O. The molecule has 0 radical (unpaired) electrons. The van der Waals surface area contributed by atoms with E-state index < -0.39 is 0 Å². The molecule has 1 saturated carbocycles. The van der Waals surface area contributed by atoms with Crippen LogP contribution in [0.5, 0.6) is 0 Å². The van der Waals surface area contributed by atoms with Crippen LogP contribution < -0.4 is 5.32 Å². The third-order valence-electron chi connectivity index (χ3n) is 5.24. The van der Waals surface area contributed by atoms with E-state index in [1.54, 1.807) is 0 Å². The average Bonchev–Trinajstić information content (AvgIpc) is 2.47. The average molecular weight is 293 g/mol. The van der Waals surface area contributed by atoms with Crippen LogP contribution in [-0.4, -0.2) is 48.8 Å². The van der Waals surface area contributed by atoms with Gasteiger partial charge >= 0.3 is 0 Å². The standard InChI is InChI=1S/C17H31N3O/c1-13(2)19-17(12-18)8-5-6-15(10-17)20-9-7-14(3)16(11-20)21-4/h13-16,19H,5-11H2,1-4H3. The van der Waals surface area contributed by atoms with Gasteiger partial charge in [0.25, 0.3) is 0 Å². The highest BCUT2D eigenvalue weighted by Gasteiger charge is 2.40. The Morgan fingerprint density at radius 1 is 1.38 bits per heavy atom. The van der Waals surface area contributed by atoms with Crippen molar-refractivity contribution in [2.75, 3.05) is 20.2 Å². The predicted molar refractivity (Wildman–Crippen MR) is 85.0 cm³/mol. The highest BCUT2D eigenvalue weighted by Crippen LogP contribution is 2.33. The summed E-state index contributed by atoms with van der Waals surface area (Å²) in [6.45, 7) is 8.71. The van der Waals surface area contributed by atoms with E-state index in [1.807, 2.05) is 7.11 Å². The molecule has 4 atom stereocenters. The van der Waals surface area contributed by atoms with E-state index in [1.165, 1.54) is 12.8 Å². The summed E-state index contributed by atoms with van der Waals surface area (Å²) in [5, 5.41) is 13.2. The first kappa shape index (κ1) is 16.7. The van der Waals surface area contributed by atoms with Crippen LogP contribution in [0.2, 0.25) is 0 Å². The van der Waals surface area contributed by atoms with Gasteiger partial charge in [0.2, 0.25) is 0 Å². The third-order valence-corrected chi connectivity index (χ3v) is 5.24. The highest BCUT2D eigenvalue weighted by molar-refractivity contribution is 5.12. The number of likely N-dealkylation sites (tertiary alicyclic amines) is 1. The van der Waals surface area contributed by atoms with Gasteiger partial charge in [-0.3, -0.25) is 10.2 Å². The second kappa shape index (κ2) is 7.09. The van der Waals surface area contributed by atoms with Gasteiger partial charge in [-0.25, -0.2) is 0 Å². The van der Waals surface area contributed by atoms with Crippen LogP contribution in [0, 0.1) is 17.2 Å². The van der Waals surface area contributed by atoms with Gasteiger partial charge in [0, 0.05) is 25.7 Å². The first-order valence-electron chi connectivity index (χ1n) is 8.45. The SMILES string of the molecule is COC1CN(C2CCCC(C#N)(NC(C)C)C2)CCC1C. The number of nitriles is 1. The maximum absolute atomic E-state index is 9.69. The van der Waals surface area contributed by atoms with Crippen molar-refractivity contribution >= 4 is 0 Å². The van der Waals surface area contributed by atoms with E-state index in [2.05, 4.69) is 37.1 Å². The number of ether oxygens (including phenoxy) is 1. The van der Waals surface area contributed by atoms with E-state index in [-0.39, 0.29) is 5.54 Å². The summed E-state index contributed by atoms with van der Waals surface area (Å²) >= 11 is 0. The molecule has 0 aromatic heterocycles. The Kier molecular flexibility index (Phi) is 5.65. The zero-order valence-corrected chi connectivity index (χ0v) is 14.1. The molecule has 2 rings (SSSR count). The van der Waals surface area contributed by atoms with Gasteiger partial charge in [0.15, 0.2) is 0 Å². The van der Waals surface area contributed by atoms with Gasteiger partial charge in [0.1, 0.15) is 5.54 Å². The number of hydrogen-bond acceptors (Lipinski definition) is 4. The van der Waals surface area contributed by atoms with E-state index >= 15 is 0 Å². The van der Waals surface area contributed by atoms with Gasteiger partial charge in [-0.1, -0.05) is 6.92 Å². The monoisotopic (exact) mass is 293 g/mol. The quantitative estimate of drug-likeness (QED) is 0.865. The molecule has 1 heterocycles. The molecule has 4 nitrogen and oxygen atoms in total. The fourth-order valence-electron chi connectivity index (χ4n) is 4.07. The summed E-state index contributed by atoms with van der Waals surface area (Å²) in [6, 6.07) is 3.46. The number of rotatable bonds is 4. The fraction of sp³-hybridized carbons (Fsp3) is 0.941. The molecule has 120 valence electrons. The van der Waals surface area contributed by atoms with Gasteiger partial charge < -0.3 is 4.74 Å². The van der Waals surface area contributed by atoms with Crippen molar-refractivity contribution in [3.8, 4) is 6.07 Å². The summed E-state index contributed by atoms with van der Waals surface area (Å²) in [7, 11) is 1.82. The Labute approximate surface area is 129 Å². The third kappa shape index (κ3) is 3.97. The molecule has 0 aromatic carbocycles. The molecule has 21 heavy (non-hydrogen) atoms. The molecular weight excluding hydrogens is 262 g/mol. The number of nitrogens with zero attached hydrogens (tertiary/aromatic N) is 2. The smallest absolute Gasteiger partial charge is 0.108 e. The van der Waals surface area contributed by atoms with Crippen LogP contribution in [0.4, 0.5) is 0 Å². The van der Waals surface area contributed by atoms with Gasteiger partial charge in [-0.05, 0) is 58.4 Å². The minimum Gasteiger partial charge on any atom is -0.380 e. The Bertz CT molecular complexity index is 379. The van der Waals surface area contributed by atoms with Crippen LogP contribution in [0.25, 0.3) is 0 Å². The van der Waals surface area contributed by atoms with E-state index in [9.17, 15) is 5.26 Å². The van der Waals surface area contributed by atoms with Crippen LogP contribution in [0.15, 0.2) is 0 Å². The van der Waals surface area contributed by atoms with Crippen molar-refractivity contribution in [2.24, 2.45) is 5.92 Å². The zero-order chi connectivity index (χ0) is 15.5. The summed E-state index contributed by atoms with van der Waals surface area (Å²) in [4.78, 5) is 2.57. The summed E-state index contributed by atoms with van der Waals surface area (Å²) in [5.74, 6) is 0.643. The molecule has 0 spiro atoms. The van der Waals surface area contributed by atoms with Crippen molar-refractivity contribution in [3.63, 3.8) is 0 Å². The largest absolute Gasteiger partial charge is 0.380 e. The van der Waals surface area contributed by atoms with E-state index in [0.29, 0.717) is 24.1 Å². The minimum atomic E-state index is -0.331.